The molecule has 1 amide bonds. The van der Waals surface area contributed by atoms with Gasteiger partial charge >= 0.3 is 0 Å². The third-order valence-corrected chi connectivity index (χ3v) is 3.32. The average Bonchev–Trinajstić information content (AvgIpc) is 2.93. The fourth-order valence-electron chi connectivity index (χ4n) is 1.93. The molecule has 4 heteroatoms. The van der Waals surface area contributed by atoms with Gasteiger partial charge in [0.15, 0.2) is 0 Å². The molecule has 1 saturated heterocycles. The molecule has 1 N–H and O–H groups in total. The zero-order valence-electron chi connectivity index (χ0n) is 9.01. The molecule has 82 valence electrons. The summed E-state index contributed by atoms with van der Waals surface area (Å²) in [5.41, 5.74) is -0.934. The fraction of sp³-hybridized carbons (Fsp3) is 0.818. The van der Waals surface area contributed by atoms with E-state index in [1.54, 1.807) is 0 Å². The van der Waals surface area contributed by atoms with Gasteiger partial charge in [-0.25, -0.2) is 0 Å². The molecular weight excluding hydrogens is 192 g/mol. The minimum Gasteiger partial charge on any atom is -0.373 e. The Labute approximate surface area is 89.6 Å². The Morgan fingerprint density at radius 1 is 1.53 bits per heavy atom. The number of nitriles is 1. The Balaban J connectivity index is 1.84. The minimum atomic E-state index is -0.713. The smallest absolute Gasteiger partial charge is 0.240 e. The van der Waals surface area contributed by atoms with Crippen molar-refractivity contribution in [3.8, 4) is 6.07 Å². The Bertz CT molecular complexity index is 309. The molecule has 0 bridgehead atoms. The molecule has 4 nitrogen and oxygen atoms in total. The van der Waals surface area contributed by atoms with Crippen LogP contribution in [0, 0.1) is 16.7 Å². The lowest BCUT2D eigenvalue weighted by molar-refractivity contribution is -0.125. The predicted octanol–water partition coefficient (Wildman–Crippen LogP) is 0.975. The van der Waals surface area contributed by atoms with Crippen LogP contribution in [0.15, 0.2) is 0 Å². The molecule has 2 rings (SSSR count). The summed E-state index contributed by atoms with van der Waals surface area (Å²) in [6, 6.07) is 2.09. The number of rotatable bonds is 3. The summed E-state index contributed by atoms with van der Waals surface area (Å²) in [7, 11) is 0. The van der Waals surface area contributed by atoms with Crippen LogP contribution in [0.25, 0.3) is 0 Å². The quantitative estimate of drug-likeness (QED) is 0.751. The number of hydrogen-bond donors (Lipinski definition) is 1. The standard InChI is InChI=1S/C11H16N2O2/c1-10(3-2-6-15-10)8-13-9(14)11(7-12)4-5-11/h2-6,8H2,1H3,(H,13,14). The Kier molecular flexibility index (Phi) is 2.43. The minimum absolute atomic E-state index is 0.123. The number of nitrogens with zero attached hydrogens (tertiary/aromatic N) is 1. The van der Waals surface area contributed by atoms with Gasteiger partial charge in [0.1, 0.15) is 5.41 Å². The highest BCUT2D eigenvalue weighted by Crippen LogP contribution is 2.45. The van der Waals surface area contributed by atoms with Crippen LogP contribution < -0.4 is 5.32 Å². The van der Waals surface area contributed by atoms with Crippen LogP contribution in [0.5, 0.6) is 0 Å². The maximum absolute atomic E-state index is 11.7. The summed E-state index contributed by atoms with van der Waals surface area (Å²) < 4.78 is 5.56. The van der Waals surface area contributed by atoms with Gasteiger partial charge in [-0.05, 0) is 32.6 Å². The van der Waals surface area contributed by atoms with Gasteiger partial charge in [0.05, 0.1) is 11.7 Å². The third kappa shape index (κ3) is 1.98. The maximum atomic E-state index is 11.7. The van der Waals surface area contributed by atoms with E-state index in [1.165, 1.54) is 0 Å². The number of hydrogen-bond acceptors (Lipinski definition) is 3. The highest BCUT2D eigenvalue weighted by molar-refractivity contribution is 5.88. The van der Waals surface area contributed by atoms with E-state index in [4.69, 9.17) is 10.00 Å². The van der Waals surface area contributed by atoms with E-state index in [9.17, 15) is 4.79 Å². The van der Waals surface area contributed by atoms with Crippen LogP contribution in [0.3, 0.4) is 0 Å². The molecule has 0 aromatic carbocycles. The molecule has 1 unspecified atom stereocenters. The normalized spacial score (nSPS) is 32.0. The van der Waals surface area contributed by atoms with Crippen LogP contribution in [0.4, 0.5) is 0 Å². The van der Waals surface area contributed by atoms with Crippen molar-refractivity contribution >= 4 is 5.91 Å². The first-order valence-electron chi connectivity index (χ1n) is 5.44. The van der Waals surface area contributed by atoms with Gasteiger partial charge in [-0.3, -0.25) is 4.79 Å². The summed E-state index contributed by atoms with van der Waals surface area (Å²) in [5, 5.41) is 11.7. The summed E-state index contributed by atoms with van der Waals surface area (Å²) in [6.45, 7) is 3.30. The highest BCUT2D eigenvalue weighted by Gasteiger charge is 2.51. The SMILES string of the molecule is CC1(CNC(=O)C2(C#N)CC2)CCCO1. The van der Waals surface area contributed by atoms with Gasteiger partial charge in [0.2, 0.25) is 5.91 Å². The van der Waals surface area contributed by atoms with Gasteiger partial charge in [0, 0.05) is 13.2 Å². The largest absolute Gasteiger partial charge is 0.373 e. The zero-order chi connectivity index (χ0) is 10.9. The van der Waals surface area contributed by atoms with Crippen molar-refractivity contribution in [1.82, 2.24) is 5.32 Å². The first-order valence-corrected chi connectivity index (χ1v) is 5.44. The Morgan fingerprint density at radius 2 is 2.27 bits per heavy atom. The number of amides is 1. The second-order valence-electron chi connectivity index (χ2n) is 4.78. The van der Waals surface area contributed by atoms with Gasteiger partial charge in [-0.15, -0.1) is 0 Å². The molecule has 1 aliphatic heterocycles. The van der Waals surface area contributed by atoms with E-state index in [0.29, 0.717) is 19.4 Å². The van der Waals surface area contributed by atoms with Gasteiger partial charge in [-0.2, -0.15) is 5.26 Å². The molecule has 1 saturated carbocycles. The molecule has 0 aromatic heterocycles. The van der Waals surface area contributed by atoms with E-state index in [2.05, 4.69) is 11.4 Å². The van der Waals surface area contributed by atoms with Crippen molar-refractivity contribution in [2.75, 3.05) is 13.2 Å². The third-order valence-electron chi connectivity index (χ3n) is 3.32. The van der Waals surface area contributed by atoms with Crippen LogP contribution in [0.1, 0.15) is 32.6 Å². The van der Waals surface area contributed by atoms with E-state index in [1.807, 2.05) is 6.92 Å². The molecule has 1 atom stereocenters. The van der Waals surface area contributed by atoms with Crippen LogP contribution in [0.2, 0.25) is 0 Å². The summed E-state index contributed by atoms with van der Waals surface area (Å²) in [4.78, 5) is 11.7. The highest BCUT2D eigenvalue weighted by atomic mass is 16.5. The summed E-state index contributed by atoms with van der Waals surface area (Å²) >= 11 is 0. The molecule has 1 aliphatic carbocycles. The van der Waals surface area contributed by atoms with Gasteiger partial charge < -0.3 is 10.1 Å². The lowest BCUT2D eigenvalue weighted by Crippen LogP contribution is -2.42. The second-order valence-corrected chi connectivity index (χ2v) is 4.78. The van der Waals surface area contributed by atoms with E-state index in [-0.39, 0.29) is 11.5 Å². The lowest BCUT2D eigenvalue weighted by atomic mass is 10.0. The molecule has 0 radical (unpaired) electrons. The van der Waals surface area contributed by atoms with Crippen molar-refractivity contribution in [2.45, 2.75) is 38.2 Å². The zero-order valence-corrected chi connectivity index (χ0v) is 9.01. The molecule has 2 fully saturated rings. The number of nitrogens with one attached hydrogen (secondary N) is 1. The molecule has 0 aromatic rings. The molecule has 0 spiro atoms. The van der Waals surface area contributed by atoms with Crippen molar-refractivity contribution < 1.29 is 9.53 Å². The summed E-state index contributed by atoms with van der Waals surface area (Å²) in [5.74, 6) is -0.123. The van der Waals surface area contributed by atoms with E-state index >= 15 is 0 Å². The Hall–Kier alpha value is -1.08. The van der Waals surface area contributed by atoms with E-state index in [0.717, 1.165) is 19.4 Å². The fourth-order valence-corrected chi connectivity index (χ4v) is 1.93. The lowest BCUT2D eigenvalue weighted by Gasteiger charge is -2.23. The first kappa shape index (κ1) is 10.4. The van der Waals surface area contributed by atoms with Gasteiger partial charge in [-0.1, -0.05) is 0 Å². The van der Waals surface area contributed by atoms with Crippen molar-refractivity contribution in [2.24, 2.45) is 5.41 Å². The van der Waals surface area contributed by atoms with Crippen molar-refractivity contribution in [3.05, 3.63) is 0 Å². The van der Waals surface area contributed by atoms with Crippen LogP contribution >= 0.6 is 0 Å². The predicted molar refractivity (Wildman–Crippen MR) is 53.9 cm³/mol. The number of carbonyl (C=O) groups is 1. The molecule has 1 heterocycles. The summed E-state index contributed by atoms with van der Waals surface area (Å²) in [6.07, 6.45) is 3.43. The van der Waals surface area contributed by atoms with Crippen LogP contribution in [-0.2, 0) is 9.53 Å². The van der Waals surface area contributed by atoms with Crippen molar-refractivity contribution in [3.63, 3.8) is 0 Å². The monoisotopic (exact) mass is 208 g/mol. The van der Waals surface area contributed by atoms with Crippen molar-refractivity contribution in [1.29, 1.82) is 5.26 Å². The Morgan fingerprint density at radius 3 is 2.73 bits per heavy atom. The number of ether oxygens (including phenoxy) is 1. The molecule has 15 heavy (non-hydrogen) atoms. The molecule has 2 aliphatic rings. The van der Waals surface area contributed by atoms with Gasteiger partial charge in [0.25, 0.3) is 0 Å². The number of carbonyl (C=O) groups excluding carboxylic acids is 1. The average molecular weight is 208 g/mol. The first-order chi connectivity index (χ1) is 7.10. The topological polar surface area (TPSA) is 62.1 Å². The van der Waals surface area contributed by atoms with Crippen LogP contribution in [-0.4, -0.2) is 24.7 Å². The second kappa shape index (κ2) is 3.49. The maximum Gasteiger partial charge on any atom is 0.240 e. The van der Waals surface area contributed by atoms with E-state index < -0.39 is 5.41 Å². The molecular formula is C11H16N2O2.